The Hall–Kier alpha value is -1.57. The Morgan fingerprint density at radius 3 is 2.68 bits per heavy atom. The lowest BCUT2D eigenvalue weighted by Crippen LogP contribution is -2.44. The molecule has 0 spiro atoms. The van der Waals surface area contributed by atoms with E-state index in [1.807, 2.05) is 0 Å². The Morgan fingerprint density at radius 2 is 1.89 bits per heavy atom. The van der Waals surface area contributed by atoms with Gasteiger partial charge in [0.1, 0.15) is 6.54 Å². The molecule has 0 amide bonds. The zero-order valence-corrected chi connectivity index (χ0v) is 12.1. The summed E-state index contributed by atoms with van der Waals surface area (Å²) >= 11 is 0. The third-order valence-corrected chi connectivity index (χ3v) is 3.81. The van der Waals surface area contributed by atoms with E-state index in [1.54, 1.807) is 0 Å². The molecule has 100 valence electrons. The number of para-hydroxylation sites is 1. The van der Waals surface area contributed by atoms with Gasteiger partial charge in [-0.15, -0.1) is 0 Å². The topological polar surface area (TPSA) is 13.1 Å². The fourth-order valence-corrected chi connectivity index (χ4v) is 2.90. The smallest absolute Gasteiger partial charge is 0.255 e. The molecule has 0 N–H and O–H groups in total. The predicted octanol–water partition coefficient (Wildman–Crippen LogP) is 3.60. The summed E-state index contributed by atoms with van der Waals surface area (Å²) in [7, 11) is 0. The van der Waals surface area contributed by atoms with E-state index >= 15 is 0 Å². The van der Waals surface area contributed by atoms with Crippen molar-refractivity contribution in [3.63, 3.8) is 0 Å². The van der Waals surface area contributed by atoms with Crippen LogP contribution in [-0.2, 0) is 12.0 Å². The second-order valence-electron chi connectivity index (χ2n) is 6.37. The van der Waals surface area contributed by atoms with Crippen LogP contribution in [-0.4, -0.2) is 6.61 Å². The van der Waals surface area contributed by atoms with E-state index in [4.69, 9.17) is 4.74 Å². The molecule has 0 radical (unpaired) electrons. The lowest BCUT2D eigenvalue weighted by molar-refractivity contribution is -0.683. The largest absolute Gasteiger partial charge is 0.487 e. The molecule has 0 unspecified atom stereocenters. The van der Waals surface area contributed by atoms with Gasteiger partial charge in [-0.05, 0) is 24.6 Å². The zero-order chi connectivity index (χ0) is 13.5. The minimum Gasteiger partial charge on any atom is -0.487 e. The highest BCUT2D eigenvalue weighted by atomic mass is 16.5. The fourth-order valence-electron chi connectivity index (χ4n) is 2.90. The second-order valence-corrected chi connectivity index (χ2v) is 6.37. The lowest BCUT2D eigenvalue weighted by atomic mass is 9.90. The van der Waals surface area contributed by atoms with Gasteiger partial charge >= 0.3 is 0 Å². The summed E-state index contributed by atoms with van der Waals surface area (Å²) in [5, 5.41) is 1.27. The van der Waals surface area contributed by atoms with Crippen molar-refractivity contribution in [2.45, 2.75) is 45.6 Å². The number of hydrogen-bond donors (Lipinski definition) is 0. The molecule has 0 fully saturated rings. The van der Waals surface area contributed by atoms with E-state index in [0.717, 1.165) is 25.3 Å². The van der Waals surface area contributed by atoms with E-state index in [2.05, 4.69) is 55.7 Å². The van der Waals surface area contributed by atoms with Crippen LogP contribution in [0.2, 0.25) is 0 Å². The van der Waals surface area contributed by atoms with Crippen LogP contribution < -0.4 is 9.30 Å². The van der Waals surface area contributed by atoms with Crippen LogP contribution in [0.3, 0.4) is 0 Å². The van der Waals surface area contributed by atoms with Gasteiger partial charge in [-0.25, -0.2) is 0 Å². The molecule has 0 aliphatic carbocycles. The van der Waals surface area contributed by atoms with Crippen molar-refractivity contribution in [3.05, 3.63) is 36.0 Å². The van der Waals surface area contributed by atoms with E-state index in [9.17, 15) is 0 Å². The van der Waals surface area contributed by atoms with Crippen LogP contribution in [0, 0.1) is 0 Å². The molecule has 0 bridgehead atoms. The molecule has 0 saturated carbocycles. The highest BCUT2D eigenvalue weighted by molar-refractivity contribution is 5.81. The molecule has 1 aromatic carbocycles. The number of rotatable bonds is 0. The van der Waals surface area contributed by atoms with Crippen molar-refractivity contribution in [3.8, 4) is 5.75 Å². The van der Waals surface area contributed by atoms with Gasteiger partial charge in [-0.1, -0.05) is 26.8 Å². The standard InChI is InChI=1S/C17H22NO/c1-17(2,3)15-10-9-13-7-6-8-14-16(13)18(15)11-4-5-12-19-14/h6-10H,4-5,11-12H2,1-3H3/q+1. The number of hydrogen-bond acceptors (Lipinski definition) is 1. The number of benzene rings is 1. The molecule has 2 heterocycles. The van der Waals surface area contributed by atoms with E-state index < -0.39 is 0 Å². The maximum Gasteiger partial charge on any atom is 0.255 e. The van der Waals surface area contributed by atoms with Crippen molar-refractivity contribution in [1.29, 1.82) is 0 Å². The van der Waals surface area contributed by atoms with Crippen molar-refractivity contribution >= 4 is 10.9 Å². The van der Waals surface area contributed by atoms with Gasteiger partial charge in [0.2, 0.25) is 0 Å². The molecule has 2 nitrogen and oxygen atoms in total. The van der Waals surface area contributed by atoms with Crippen LogP contribution in [0.25, 0.3) is 10.9 Å². The number of pyridine rings is 1. The third kappa shape index (κ3) is 2.20. The molecule has 1 aromatic heterocycles. The van der Waals surface area contributed by atoms with Crippen molar-refractivity contribution in [2.75, 3.05) is 6.61 Å². The van der Waals surface area contributed by atoms with Crippen molar-refractivity contribution < 1.29 is 9.30 Å². The second kappa shape index (κ2) is 4.52. The average molecular weight is 256 g/mol. The molecule has 2 heteroatoms. The minimum atomic E-state index is 0.153. The van der Waals surface area contributed by atoms with Crippen LogP contribution >= 0.6 is 0 Å². The number of ether oxygens (including phenoxy) is 1. The van der Waals surface area contributed by atoms with Gasteiger partial charge < -0.3 is 4.74 Å². The molecule has 19 heavy (non-hydrogen) atoms. The van der Waals surface area contributed by atoms with Gasteiger partial charge in [0.05, 0.1) is 12.0 Å². The Labute approximate surface area is 115 Å². The first kappa shape index (κ1) is 12.5. The normalized spacial score (nSPS) is 15.7. The van der Waals surface area contributed by atoms with Crippen molar-refractivity contribution in [1.82, 2.24) is 0 Å². The van der Waals surface area contributed by atoms with Gasteiger partial charge in [-0.2, -0.15) is 4.57 Å². The first-order valence-electron chi connectivity index (χ1n) is 7.16. The summed E-state index contributed by atoms with van der Waals surface area (Å²) in [6.45, 7) is 8.75. The van der Waals surface area contributed by atoms with Gasteiger partial charge in [-0.3, -0.25) is 0 Å². The minimum absolute atomic E-state index is 0.153. The monoisotopic (exact) mass is 256 g/mol. The Balaban J connectivity index is 2.35. The third-order valence-electron chi connectivity index (χ3n) is 3.81. The Kier molecular flexibility index (Phi) is 2.96. The molecule has 1 aliphatic heterocycles. The number of nitrogens with zero attached hydrogens (tertiary/aromatic N) is 1. The van der Waals surface area contributed by atoms with E-state index in [0.29, 0.717) is 0 Å². The first-order valence-corrected chi connectivity index (χ1v) is 7.16. The molecule has 0 atom stereocenters. The summed E-state index contributed by atoms with van der Waals surface area (Å²) in [6, 6.07) is 10.8. The van der Waals surface area contributed by atoms with Crippen molar-refractivity contribution in [2.24, 2.45) is 0 Å². The van der Waals surface area contributed by atoms with Gasteiger partial charge in [0.15, 0.2) is 11.4 Å². The van der Waals surface area contributed by atoms with Gasteiger partial charge in [0.25, 0.3) is 5.52 Å². The Morgan fingerprint density at radius 1 is 1.05 bits per heavy atom. The van der Waals surface area contributed by atoms with Gasteiger partial charge in [0, 0.05) is 17.9 Å². The SMILES string of the molecule is CC(C)(C)c1ccc2cccc3c2[n+]1CCCCO3. The average Bonchev–Trinajstić information content (AvgIpc) is 2.33. The molecular weight excluding hydrogens is 234 g/mol. The highest BCUT2D eigenvalue weighted by Crippen LogP contribution is 2.28. The highest BCUT2D eigenvalue weighted by Gasteiger charge is 2.29. The van der Waals surface area contributed by atoms with Crippen LogP contribution in [0.5, 0.6) is 5.75 Å². The van der Waals surface area contributed by atoms with E-state index in [-0.39, 0.29) is 5.41 Å². The lowest BCUT2D eigenvalue weighted by Gasteiger charge is -2.20. The molecule has 3 rings (SSSR count). The molecule has 1 aliphatic rings. The molecular formula is C17H22NO+. The number of aryl methyl sites for hydroxylation is 1. The summed E-state index contributed by atoms with van der Waals surface area (Å²) in [5.74, 6) is 1.03. The maximum atomic E-state index is 5.95. The van der Waals surface area contributed by atoms with Crippen LogP contribution in [0.15, 0.2) is 30.3 Å². The predicted molar refractivity (Wildman–Crippen MR) is 77.6 cm³/mol. The maximum absolute atomic E-state index is 5.95. The quantitative estimate of drug-likeness (QED) is 0.656. The molecule has 0 saturated heterocycles. The number of aromatic nitrogens is 1. The summed E-state index contributed by atoms with van der Waals surface area (Å²) in [5.41, 5.74) is 2.80. The van der Waals surface area contributed by atoms with Crippen LogP contribution in [0.4, 0.5) is 0 Å². The summed E-state index contributed by atoms with van der Waals surface area (Å²) in [6.07, 6.45) is 2.31. The Bertz CT molecular complexity index is 610. The summed E-state index contributed by atoms with van der Waals surface area (Å²) in [4.78, 5) is 0. The van der Waals surface area contributed by atoms with E-state index in [1.165, 1.54) is 23.0 Å². The zero-order valence-electron chi connectivity index (χ0n) is 12.1. The first-order chi connectivity index (χ1) is 9.07. The van der Waals surface area contributed by atoms with Crippen LogP contribution in [0.1, 0.15) is 39.3 Å². The summed E-state index contributed by atoms with van der Waals surface area (Å²) < 4.78 is 8.41. The molecule has 2 aromatic rings. The fraction of sp³-hybridized carbons (Fsp3) is 0.471.